The van der Waals surface area contributed by atoms with Gasteiger partial charge in [-0.25, -0.2) is 10.4 Å². The Morgan fingerprint density at radius 3 is 2.95 bits per heavy atom. The number of aromatic nitrogens is 3. The SMILES string of the molecule is Cn1ncnc1CC(NN)c1cc2ccccc2o1. The van der Waals surface area contributed by atoms with Crippen LogP contribution in [0.4, 0.5) is 0 Å². The summed E-state index contributed by atoms with van der Waals surface area (Å²) in [7, 11) is 1.86. The molecular formula is C13H15N5O. The smallest absolute Gasteiger partial charge is 0.138 e. The summed E-state index contributed by atoms with van der Waals surface area (Å²) in [6, 6.07) is 9.75. The van der Waals surface area contributed by atoms with Crippen molar-refractivity contribution in [3.05, 3.63) is 48.2 Å². The van der Waals surface area contributed by atoms with Gasteiger partial charge in [-0.05, 0) is 12.1 Å². The van der Waals surface area contributed by atoms with Gasteiger partial charge < -0.3 is 4.42 Å². The van der Waals surface area contributed by atoms with Crippen LogP contribution in [0.15, 0.2) is 41.1 Å². The average Bonchev–Trinajstić information content (AvgIpc) is 3.02. The van der Waals surface area contributed by atoms with E-state index in [1.165, 1.54) is 6.33 Å². The number of nitrogens with two attached hydrogens (primary N) is 1. The summed E-state index contributed by atoms with van der Waals surface area (Å²) in [5.74, 6) is 7.27. The van der Waals surface area contributed by atoms with Gasteiger partial charge in [-0.1, -0.05) is 18.2 Å². The van der Waals surface area contributed by atoms with Crippen molar-refractivity contribution in [3.63, 3.8) is 0 Å². The van der Waals surface area contributed by atoms with Crippen molar-refractivity contribution in [2.45, 2.75) is 12.5 Å². The Morgan fingerprint density at radius 1 is 1.42 bits per heavy atom. The topological polar surface area (TPSA) is 81.9 Å². The maximum absolute atomic E-state index is 5.81. The molecule has 3 aromatic rings. The van der Waals surface area contributed by atoms with Crippen molar-refractivity contribution < 1.29 is 4.42 Å². The van der Waals surface area contributed by atoms with Gasteiger partial charge in [-0.3, -0.25) is 10.5 Å². The second-order valence-corrected chi connectivity index (χ2v) is 4.41. The molecule has 2 heterocycles. The second kappa shape index (κ2) is 4.83. The highest BCUT2D eigenvalue weighted by Gasteiger charge is 2.17. The summed E-state index contributed by atoms with van der Waals surface area (Å²) >= 11 is 0. The van der Waals surface area contributed by atoms with E-state index in [1.54, 1.807) is 4.68 Å². The van der Waals surface area contributed by atoms with E-state index in [4.69, 9.17) is 10.3 Å². The maximum Gasteiger partial charge on any atom is 0.138 e. The van der Waals surface area contributed by atoms with Crippen LogP contribution in [0, 0.1) is 0 Å². The first-order valence-electron chi connectivity index (χ1n) is 6.05. The number of furan rings is 1. The lowest BCUT2D eigenvalue weighted by Crippen LogP contribution is -2.30. The molecule has 1 atom stereocenters. The molecule has 0 saturated heterocycles. The summed E-state index contributed by atoms with van der Waals surface area (Å²) in [6.45, 7) is 0. The molecular weight excluding hydrogens is 242 g/mol. The van der Waals surface area contributed by atoms with Crippen LogP contribution in [0.2, 0.25) is 0 Å². The molecule has 0 radical (unpaired) electrons. The minimum atomic E-state index is -0.129. The second-order valence-electron chi connectivity index (χ2n) is 4.41. The predicted molar refractivity (Wildman–Crippen MR) is 71.0 cm³/mol. The fraction of sp³-hybridized carbons (Fsp3) is 0.231. The number of nitrogens with one attached hydrogen (secondary N) is 1. The number of aryl methyl sites for hydroxylation is 1. The Kier molecular flexibility index (Phi) is 3.02. The molecule has 98 valence electrons. The third kappa shape index (κ3) is 2.23. The van der Waals surface area contributed by atoms with Crippen LogP contribution in [0.1, 0.15) is 17.6 Å². The Labute approximate surface area is 110 Å². The van der Waals surface area contributed by atoms with E-state index >= 15 is 0 Å². The molecule has 19 heavy (non-hydrogen) atoms. The lowest BCUT2D eigenvalue weighted by atomic mass is 10.1. The number of rotatable bonds is 4. The van der Waals surface area contributed by atoms with Crippen LogP contribution >= 0.6 is 0 Å². The van der Waals surface area contributed by atoms with Gasteiger partial charge in [0.05, 0.1) is 6.04 Å². The van der Waals surface area contributed by atoms with Crippen molar-refractivity contribution in [2.75, 3.05) is 0 Å². The lowest BCUT2D eigenvalue weighted by Gasteiger charge is -2.12. The van der Waals surface area contributed by atoms with E-state index in [9.17, 15) is 0 Å². The van der Waals surface area contributed by atoms with Crippen molar-refractivity contribution in [1.29, 1.82) is 0 Å². The standard InChI is InChI=1S/C13H15N5O/c1-18-13(15-8-16-18)7-10(17-14)12-6-9-4-2-3-5-11(9)19-12/h2-6,8,10,17H,7,14H2,1H3. The van der Waals surface area contributed by atoms with Crippen molar-refractivity contribution in [1.82, 2.24) is 20.2 Å². The molecule has 0 aliphatic heterocycles. The highest BCUT2D eigenvalue weighted by atomic mass is 16.3. The molecule has 0 amide bonds. The van der Waals surface area contributed by atoms with Gasteiger partial charge in [0.15, 0.2) is 0 Å². The van der Waals surface area contributed by atoms with Gasteiger partial charge in [0.1, 0.15) is 23.5 Å². The average molecular weight is 257 g/mol. The number of hydrogen-bond acceptors (Lipinski definition) is 5. The first-order valence-corrected chi connectivity index (χ1v) is 6.05. The monoisotopic (exact) mass is 257 g/mol. The van der Waals surface area contributed by atoms with Gasteiger partial charge in [-0.2, -0.15) is 5.10 Å². The number of nitrogens with zero attached hydrogens (tertiary/aromatic N) is 3. The third-order valence-electron chi connectivity index (χ3n) is 3.18. The summed E-state index contributed by atoms with van der Waals surface area (Å²) in [6.07, 6.45) is 2.15. The Hall–Kier alpha value is -2.18. The first kappa shape index (κ1) is 11.9. The summed E-state index contributed by atoms with van der Waals surface area (Å²) in [5.41, 5.74) is 3.63. The summed E-state index contributed by atoms with van der Waals surface area (Å²) < 4.78 is 7.54. The minimum Gasteiger partial charge on any atom is -0.459 e. The van der Waals surface area contributed by atoms with Crippen LogP contribution in [0.5, 0.6) is 0 Å². The number of hydrogen-bond donors (Lipinski definition) is 2. The van der Waals surface area contributed by atoms with E-state index in [1.807, 2.05) is 37.4 Å². The normalized spacial score (nSPS) is 12.9. The molecule has 0 aliphatic carbocycles. The quantitative estimate of drug-likeness (QED) is 0.544. The third-order valence-corrected chi connectivity index (χ3v) is 3.18. The molecule has 0 bridgehead atoms. The van der Waals surface area contributed by atoms with E-state index < -0.39 is 0 Å². The van der Waals surface area contributed by atoms with Gasteiger partial charge in [0.2, 0.25) is 0 Å². The number of para-hydroxylation sites is 1. The minimum absolute atomic E-state index is 0.129. The fourth-order valence-electron chi connectivity index (χ4n) is 2.10. The highest BCUT2D eigenvalue weighted by Crippen LogP contribution is 2.25. The Bertz CT molecular complexity index is 654. The van der Waals surface area contributed by atoms with E-state index in [-0.39, 0.29) is 6.04 Å². The molecule has 6 heteroatoms. The first-order chi connectivity index (χ1) is 9.28. The van der Waals surface area contributed by atoms with E-state index in [0.29, 0.717) is 6.42 Å². The molecule has 0 spiro atoms. The zero-order chi connectivity index (χ0) is 13.2. The number of hydrazine groups is 1. The fourth-order valence-corrected chi connectivity index (χ4v) is 2.10. The van der Waals surface area contributed by atoms with Crippen LogP contribution in [0.3, 0.4) is 0 Å². The molecule has 1 aromatic carbocycles. The zero-order valence-corrected chi connectivity index (χ0v) is 10.6. The molecule has 2 aromatic heterocycles. The van der Waals surface area contributed by atoms with Crippen molar-refractivity contribution in [3.8, 4) is 0 Å². The van der Waals surface area contributed by atoms with Crippen molar-refractivity contribution in [2.24, 2.45) is 12.9 Å². The Morgan fingerprint density at radius 2 is 2.26 bits per heavy atom. The molecule has 0 aliphatic rings. The van der Waals surface area contributed by atoms with Crippen molar-refractivity contribution >= 4 is 11.0 Å². The van der Waals surface area contributed by atoms with Gasteiger partial charge in [0.25, 0.3) is 0 Å². The number of fused-ring (bicyclic) bond motifs is 1. The summed E-state index contributed by atoms with van der Waals surface area (Å²) in [5, 5.41) is 5.11. The zero-order valence-electron chi connectivity index (χ0n) is 10.6. The molecule has 0 saturated carbocycles. The molecule has 3 rings (SSSR count). The number of benzene rings is 1. The predicted octanol–water partition coefficient (Wildman–Crippen LogP) is 1.31. The van der Waals surface area contributed by atoms with Gasteiger partial charge >= 0.3 is 0 Å². The Balaban J connectivity index is 1.91. The van der Waals surface area contributed by atoms with Gasteiger partial charge in [0, 0.05) is 18.9 Å². The molecule has 0 fully saturated rings. The van der Waals surface area contributed by atoms with Crippen LogP contribution in [0.25, 0.3) is 11.0 Å². The van der Waals surface area contributed by atoms with Gasteiger partial charge in [-0.15, -0.1) is 0 Å². The maximum atomic E-state index is 5.81. The highest BCUT2D eigenvalue weighted by molar-refractivity contribution is 5.77. The lowest BCUT2D eigenvalue weighted by molar-refractivity contribution is 0.424. The van der Waals surface area contributed by atoms with Crippen LogP contribution in [-0.4, -0.2) is 14.8 Å². The largest absolute Gasteiger partial charge is 0.459 e. The molecule has 3 N–H and O–H groups in total. The van der Waals surface area contributed by atoms with E-state index in [0.717, 1.165) is 22.6 Å². The van der Waals surface area contributed by atoms with E-state index in [2.05, 4.69) is 15.5 Å². The molecule has 1 unspecified atom stereocenters. The summed E-state index contributed by atoms with van der Waals surface area (Å²) in [4.78, 5) is 4.20. The molecule has 6 nitrogen and oxygen atoms in total. The van der Waals surface area contributed by atoms with Crippen LogP contribution < -0.4 is 11.3 Å². The van der Waals surface area contributed by atoms with Crippen LogP contribution in [-0.2, 0) is 13.5 Å².